The van der Waals surface area contributed by atoms with E-state index in [1.807, 2.05) is 7.05 Å². The Morgan fingerprint density at radius 1 is 1.58 bits per heavy atom. The molecule has 3 nitrogen and oxygen atoms in total. The first-order valence-electron chi connectivity index (χ1n) is 4.39. The molecule has 0 saturated heterocycles. The van der Waals surface area contributed by atoms with Gasteiger partial charge in [-0.05, 0) is 19.2 Å². The molecule has 0 aromatic heterocycles. The molecule has 0 aromatic carbocycles. The second kappa shape index (κ2) is 7.28. The van der Waals surface area contributed by atoms with Gasteiger partial charge in [0.15, 0.2) is 0 Å². The van der Waals surface area contributed by atoms with Crippen LogP contribution < -0.4 is 5.32 Å². The van der Waals surface area contributed by atoms with Crippen molar-refractivity contribution in [1.29, 1.82) is 0 Å². The number of nitrogens with zero attached hydrogens (tertiary/aromatic N) is 1. The van der Waals surface area contributed by atoms with E-state index in [0.717, 1.165) is 31.8 Å². The molecule has 0 aliphatic carbocycles. The molecule has 12 heavy (non-hydrogen) atoms. The van der Waals surface area contributed by atoms with Gasteiger partial charge in [-0.3, -0.25) is 4.90 Å². The monoisotopic (exact) mass is 172 g/mol. The van der Waals surface area contributed by atoms with Crippen LogP contribution in [-0.4, -0.2) is 49.8 Å². The van der Waals surface area contributed by atoms with Gasteiger partial charge in [-0.2, -0.15) is 0 Å². The van der Waals surface area contributed by atoms with Gasteiger partial charge in [0.05, 0.1) is 6.61 Å². The van der Waals surface area contributed by atoms with Crippen LogP contribution >= 0.6 is 0 Å². The molecule has 0 heterocycles. The number of hydrogen-bond donors (Lipinski definition) is 2. The van der Waals surface area contributed by atoms with Crippen LogP contribution in [0.25, 0.3) is 0 Å². The number of nitrogens with one attached hydrogen (secondary N) is 1. The van der Waals surface area contributed by atoms with Crippen LogP contribution in [-0.2, 0) is 0 Å². The van der Waals surface area contributed by atoms with E-state index in [2.05, 4.69) is 23.7 Å². The summed E-state index contributed by atoms with van der Waals surface area (Å²) in [4.78, 5) is 2.17. The smallest absolute Gasteiger partial charge is 0.0558 e. The highest BCUT2D eigenvalue weighted by Gasteiger charge is 2.02. The van der Waals surface area contributed by atoms with Crippen molar-refractivity contribution in [2.75, 3.05) is 39.8 Å². The lowest BCUT2D eigenvalue weighted by molar-refractivity contribution is 0.211. The minimum atomic E-state index is 0.223. The minimum absolute atomic E-state index is 0.223. The molecule has 3 heteroatoms. The molecular weight excluding hydrogens is 152 g/mol. The molecule has 0 saturated carbocycles. The van der Waals surface area contributed by atoms with E-state index in [4.69, 9.17) is 5.11 Å². The van der Waals surface area contributed by atoms with Gasteiger partial charge in [0.2, 0.25) is 0 Å². The van der Waals surface area contributed by atoms with Crippen molar-refractivity contribution in [2.45, 2.75) is 6.92 Å². The Bertz CT molecular complexity index is 126. The normalized spacial score (nSPS) is 10.7. The molecule has 0 unspecified atom stereocenters. The summed E-state index contributed by atoms with van der Waals surface area (Å²) in [6.45, 7) is 9.66. The zero-order valence-electron chi connectivity index (χ0n) is 8.14. The lowest BCUT2D eigenvalue weighted by Crippen LogP contribution is -2.30. The molecule has 0 radical (unpaired) electrons. The van der Waals surface area contributed by atoms with E-state index in [1.54, 1.807) is 0 Å². The van der Waals surface area contributed by atoms with Gasteiger partial charge >= 0.3 is 0 Å². The van der Waals surface area contributed by atoms with Crippen LogP contribution in [0.4, 0.5) is 0 Å². The number of likely N-dealkylation sites (N-methyl/N-ethyl adjacent to an activating group) is 2. The highest BCUT2D eigenvalue weighted by atomic mass is 16.3. The zero-order valence-corrected chi connectivity index (χ0v) is 8.14. The zero-order chi connectivity index (χ0) is 9.40. The Morgan fingerprint density at radius 3 is 2.67 bits per heavy atom. The van der Waals surface area contributed by atoms with Crippen molar-refractivity contribution in [3.05, 3.63) is 12.2 Å². The second-order valence-electron chi connectivity index (χ2n) is 2.87. The second-order valence-corrected chi connectivity index (χ2v) is 2.87. The predicted molar refractivity (Wildman–Crippen MR) is 52.3 cm³/mol. The van der Waals surface area contributed by atoms with Crippen molar-refractivity contribution < 1.29 is 5.11 Å². The van der Waals surface area contributed by atoms with Gasteiger partial charge in [0.25, 0.3) is 0 Å². The van der Waals surface area contributed by atoms with Crippen LogP contribution in [0.5, 0.6) is 0 Å². The maximum absolute atomic E-state index is 8.72. The highest BCUT2D eigenvalue weighted by molar-refractivity contribution is 4.99. The van der Waals surface area contributed by atoms with Gasteiger partial charge < -0.3 is 10.4 Å². The van der Waals surface area contributed by atoms with E-state index in [9.17, 15) is 0 Å². The Hall–Kier alpha value is -0.380. The van der Waals surface area contributed by atoms with E-state index < -0.39 is 0 Å². The van der Waals surface area contributed by atoms with Gasteiger partial charge in [-0.1, -0.05) is 13.5 Å². The topological polar surface area (TPSA) is 35.5 Å². The summed E-state index contributed by atoms with van der Waals surface area (Å²) < 4.78 is 0. The van der Waals surface area contributed by atoms with E-state index in [-0.39, 0.29) is 6.61 Å². The summed E-state index contributed by atoms with van der Waals surface area (Å²) >= 11 is 0. The van der Waals surface area contributed by atoms with Crippen molar-refractivity contribution in [1.82, 2.24) is 10.2 Å². The van der Waals surface area contributed by atoms with E-state index in [1.165, 1.54) is 0 Å². The van der Waals surface area contributed by atoms with Gasteiger partial charge in [-0.25, -0.2) is 0 Å². The third-order valence-electron chi connectivity index (χ3n) is 1.74. The average Bonchev–Trinajstić information content (AvgIpc) is 2.04. The summed E-state index contributed by atoms with van der Waals surface area (Å²) in [6, 6.07) is 0. The van der Waals surface area contributed by atoms with Crippen molar-refractivity contribution >= 4 is 0 Å². The van der Waals surface area contributed by atoms with Crippen LogP contribution in [0.15, 0.2) is 12.2 Å². The van der Waals surface area contributed by atoms with Gasteiger partial charge in [0.1, 0.15) is 0 Å². The Kier molecular flexibility index (Phi) is 7.05. The molecule has 0 aliphatic rings. The largest absolute Gasteiger partial charge is 0.395 e. The lowest BCUT2D eigenvalue weighted by Gasteiger charge is -2.20. The molecule has 0 aliphatic heterocycles. The molecule has 0 aromatic rings. The minimum Gasteiger partial charge on any atom is -0.395 e. The van der Waals surface area contributed by atoms with Crippen LogP contribution in [0.3, 0.4) is 0 Å². The fourth-order valence-corrected chi connectivity index (χ4v) is 1.11. The first kappa shape index (κ1) is 11.6. The maximum atomic E-state index is 8.72. The number of aliphatic hydroxyl groups excluding tert-OH is 1. The van der Waals surface area contributed by atoms with Crippen molar-refractivity contribution in [3.8, 4) is 0 Å². The summed E-state index contributed by atoms with van der Waals surface area (Å²) in [5.41, 5.74) is 1.16. The summed E-state index contributed by atoms with van der Waals surface area (Å²) in [7, 11) is 1.91. The Balaban J connectivity index is 3.61. The molecule has 0 fully saturated rings. The molecule has 0 bridgehead atoms. The van der Waals surface area contributed by atoms with Crippen LogP contribution in [0.2, 0.25) is 0 Å². The van der Waals surface area contributed by atoms with Gasteiger partial charge in [-0.15, -0.1) is 0 Å². The van der Waals surface area contributed by atoms with Crippen molar-refractivity contribution in [2.24, 2.45) is 0 Å². The van der Waals surface area contributed by atoms with E-state index >= 15 is 0 Å². The summed E-state index contributed by atoms with van der Waals surface area (Å²) in [5, 5.41) is 11.8. The molecule has 0 spiro atoms. The number of rotatable bonds is 7. The third-order valence-corrected chi connectivity index (χ3v) is 1.74. The molecule has 0 amide bonds. The quantitative estimate of drug-likeness (QED) is 0.534. The molecule has 72 valence electrons. The first-order valence-corrected chi connectivity index (χ1v) is 4.39. The average molecular weight is 172 g/mol. The third kappa shape index (κ3) is 5.29. The standard InChI is InChI=1S/C9H20N2O/c1-4-11(5-6-12)8-9(2)7-10-3/h10,12H,2,4-8H2,1,3H3. The van der Waals surface area contributed by atoms with Gasteiger partial charge in [0, 0.05) is 19.6 Å². The Labute approximate surface area is 75.1 Å². The Morgan fingerprint density at radius 2 is 2.25 bits per heavy atom. The predicted octanol–water partition coefficient (Wildman–Crippen LogP) is 0.0762. The van der Waals surface area contributed by atoms with Crippen LogP contribution in [0, 0.1) is 0 Å². The molecular formula is C9H20N2O. The fraction of sp³-hybridized carbons (Fsp3) is 0.778. The van der Waals surface area contributed by atoms with Crippen molar-refractivity contribution in [3.63, 3.8) is 0 Å². The molecule has 2 N–H and O–H groups in total. The van der Waals surface area contributed by atoms with E-state index in [0.29, 0.717) is 0 Å². The molecule has 0 rings (SSSR count). The SMILES string of the molecule is C=C(CNC)CN(CC)CCO. The fourth-order valence-electron chi connectivity index (χ4n) is 1.11. The number of aliphatic hydroxyl groups is 1. The maximum Gasteiger partial charge on any atom is 0.0558 e. The van der Waals surface area contributed by atoms with Crippen LogP contribution in [0.1, 0.15) is 6.92 Å². The first-order chi connectivity index (χ1) is 5.74. The number of hydrogen-bond acceptors (Lipinski definition) is 3. The summed E-state index contributed by atoms with van der Waals surface area (Å²) in [6.07, 6.45) is 0. The highest BCUT2D eigenvalue weighted by Crippen LogP contribution is 1.94. The lowest BCUT2D eigenvalue weighted by atomic mass is 10.3. The summed E-state index contributed by atoms with van der Waals surface area (Å²) in [5.74, 6) is 0. The molecule has 0 atom stereocenters.